The van der Waals surface area contributed by atoms with Crippen LogP contribution < -0.4 is 15.4 Å². The van der Waals surface area contributed by atoms with E-state index in [2.05, 4.69) is 10.6 Å². The lowest BCUT2D eigenvalue weighted by Crippen LogP contribution is -2.49. The van der Waals surface area contributed by atoms with E-state index < -0.39 is 0 Å². The Kier molecular flexibility index (Phi) is 6.89. The first kappa shape index (κ1) is 20.4. The van der Waals surface area contributed by atoms with Gasteiger partial charge < -0.3 is 24.7 Å². The molecule has 1 aromatic carbocycles. The number of carbonyl (C=O) groups excluding carboxylic acids is 3. The number of piperidine rings is 1. The van der Waals surface area contributed by atoms with Crippen LogP contribution in [0.15, 0.2) is 47.1 Å². The average Bonchev–Trinajstić information content (AvgIpc) is 3.18. The zero-order chi connectivity index (χ0) is 20.6. The molecule has 0 unspecified atom stereocenters. The molecule has 8 heteroatoms. The van der Waals surface area contributed by atoms with Crippen LogP contribution in [0, 0.1) is 6.92 Å². The van der Waals surface area contributed by atoms with Gasteiger partial charge in [0.1, 0.15) is 11.5 Å². The third-order valence-corrected chi connectivity index (χ3v) is 4.84. The van der Waals surface area contributed by atoms with Crippen molar-refractivity contribution in [3.63, 3.8) is 0 Å². The van der Waals surface area contributed by atoms with Crippen molar-refractivity contribution in [1.29, 1.82) is 0 Å². The fourth-order valence-electron chi connectivity index (χ4n) is 3.16. The lowest BCUT2D eigenvalue weighted by Gasteiger charge is -2.32. The molecule has 154 valence electrons. The number of hydrogen-bond acceptors (Lipinski definition) is 5. The summed E-state index contributed by atoms with van der Waals surface area (Å²) in [4.78, 5) is 38.1. The van der Waals surface area contributed by atoms with Gasteiger partial charge in [-0.15, -0.1) is 0 Å². The van der Waals surface area contributed by atoms with Gasteiger partial charge in [0.15, 0.2) is 6.61 Å². The first-order valence-electron chi connectivity index (χ1n) is 9.60. The van der Waals surface area contributed by atoms with Gasteiger partial charge in [0.05, 0.1) is 18.4 Å². The Morgan fingerprint density at radius 2 is 1.86 bits per heavy atom. The molecule has 1 saturated heterocycles. The molecule has 0 saturated carbocycles. The van der Waals surface area contributed by atoms with Crippen LogP contribution in [-0.4, -0.2) is 54.9 Å². The maximum atomic E-state index is 12.3. The molecule has 0 atom stereocenters. The molecule has 0 radical (unpaired) electrons. The minimum atomic E-state index is -0.347. The van der Waals surface area contributed by atoms with Gasteiger partial charge in [-0.05, 0) is 38.0 Å². The number of aryl methyl sites for hydroxylation is 1. The van der Waals surface area contributed by atoms with Crippen molar-refractivity contribution >= 4 is 17.7 Å². The van der Waals surface area contributed by atoms with Crippen molar-refractivity contribution in [3.05, 3.63) is 54.0 Å². The summed E-state index contributed by atoms with van der Waals surface area (Å²) in [6, 6.07) is 10.7. The van der Waals surface area contributed by atoms with Gasteiger partial charge in [-0.3, -0.25) is 14.4 Å². The highest BCUT2D eigenvalue weighted by atomic mass is 16.5. The van der Waals surface area contributed by atoms with Gasteiger partial charge in [0.25, 0.3) is 11.8 Å². The van der Waals surface area contributed by atoms with Gasteiger partial charge in [-0.25, -0.2) is 0 Å². The molecule has 29 heavy (non-hydrogen) atoms. The summed E-state index contributed by atoms with van der Waals surface area (Å²) in [5, 5.41) is 5.56. The van der Waals surface area contributed by atoms with E-state index in [4.69, 9.17) is 9.15 Å². The largest absolute Gasteiger partial charge is 0.484 e. The number of benzene rings is 1. The van der Waals surface area contributed by atoms with Crippen LogP contribution >= 0.6 is 0 Å². The van der Waals surface area contributed by atoms with Crippen molar-refractivity contribution in [1.82, 2.24) is 15.5 Å². The number of carbonyl (C=O) groups is 3. The maximum absolute atomic E-state index is 12.3. The molecule has 3 amide bonds. The Balaban J connectivity index is 1.35. The van der Waals surface area contributed by atoms with Crippen LogP contribution in [0.1, 0.15) is 29.0 Å². The molecular formula is C21H25N3O5. The average molecular weight is 399 g/mol. The van der Waals surface area contributed by atoms with E-state index in [1.807, 2.05) is 18.2 Å². The van der Waals surface area contributed by atoms with E-state index in [-0.39, 0.29) is 36.9 Å². The van der Waals surface area contributed by atoms with E-state index >= 15 is 0 Å². The summed E-state index contributed by atoms with van der Waals surface area (Å²) in [6.07, 6.45) is 2.82. The molecule has 0 aliphatic carbocycles. The maximum Gasteiger partial charge on any atom is 0.258 e. The normalized spacial score (nSPS) is 14.3. The van der Waals surface area contributed by atoms with Crippen LogP contribution in [0.2, 0.25) is 0 Å². The van der Waals surface area contributed by atoms with Crippen molar-refractivity contribution in [2.45, 2.75) is 25.8 Å². The van der Waals surface area contributed by atoms with E-state index in [1.165, 1.54) is 6.26 Å². The van der Waals surface area contributed by atoms with Crippen LogP contribution in [0.4, 0.5) is 0 Å². The topological polar surface area (TPSA) is 101 Å². The lowest BCUT2D eigenvalue weighted by atomic mass is 10.0. The predicted molar refractivity (Wildman–Crippen MR) is 105 cm³/mol. The number of furan rings is 1. The number of hydrogen-bond donors (Lipinski definition) is 2. The molecule has 2 heterocycles. The van der Waals surface area contributed by atoms with Crippen molar-refractivity contribution < 1.29 is 23.5 Å². The van der Waals surface area contributed by atoms with Crippen LogP contribution in [-0.2, 0) is 9.59 Å². The summed E-state index contributed by atoms with van der Waals surface area (Å²) < 4.78 is 10.5. The van der Waals surface area contributed by atoms with E-state index in [0.717, 1.165) is 0 Å². The standard InChI is InChI=1S/C21H25N3O5/c1-15-18(9-12-28-15)21(27)23-16-7-10-24(11-8-16)20(26)13-22-19(25)14-29-17-5-3-2-4-6-17/h2-6,9,12,16H,7-8,10-11,13-14H2,1H3,(H,22,25)(H,23,27). The highest BCUT2D eigenvalue weighted by molar-refractivity contribution is 5.95. The quantitative estimate of drug-likeness (QED) is 0.735. The number of ether oxygens (including phenoxy) is 1. The molecule has 0 bridgehead atoms. The molecule has 2 N–H and O–H groups in total. The molecule has 1 aliphatic heterocycles. The molecule has 0 spiro atoms. The third-order valence-electron chi connectivity index (χ3n) is 4.84. The fraction of sp³-hybridized carbons (Fsp3) is 0.381. The monoisotopic (exact) mass is 399 g/mol. The molecule has 3 rings (SSSR count). The second kappa shape index (κ2) is 9.77. The Morgan fingerprint density at radius 3 is 2.52 bits per heavy atom. The van der Waals surface area contributed by atoms with Crippen LogP contribution in [0.5, 0.6) is 5.75 Å². The van der Waals surface area contributed by atoms with E-state index in [0.29, 0.717) is 43.0 Å². The summed E-state index contributed by atoms with van der Waals surface area (Å²) in [5.74, 6) is 0.533. The Labute approximate surface area is 169 Å². The molecular weight excluding hydrogens is 374 g/mol. The highest BCUT2D eigenvalue weighted by Crippen LogP contribution is 2.13. The second-order valence-corrected chi connectivity index (χ2v) is 6.90. The lowest BCUT2D eigenvalue weighted by molar-refractivity contribution is -0.134. The smallest absolute Gasteiger partial charge is 0.258 e. The van der Waals surface area contributed by atoms with Gasteiger partial charge in [-0.1, -0.05) is 18.2 Å². The predicted octanol–water partition coefficient (Wildman–Crippen LogP) is 1.50. The number of likely N-dealkylation sites (tertiary alicyclic amines) is 1. The number of nitrogens with zero attached hydrogens (tertiary/aromatic N) is 1. The van der Waals surface area contributed by atoms with Crippen LogP contribution in [0.25, 0.3) is 0 Å². The van der Waals surface area contributed by atoms with Crippen molar-refractivity contribution in [2.24, 2.45) is 0 Å². The first-order valence-corrected chi connectivity index (χ1v) is 9.60. The number of amides is 3. The van der Waals surface area contributed by atoms with Crippen LogP contribution in [0.3, 0.4) is 0 Å². The van der Waals surface area contributed by atoms with Crippen molar-refractivity contribution in [2.75, 3.05) is 26.2 Å². The Morgan fingerprint density at radius 1 is 1.14 bits per heavy atom. The zero-order valence-corrected chi connectivity index (χ0v) is 16.3. The summed E-state index contributed by atoms with van der Waals surface area (Å²) in [7, 11) is 0. The second-order valence-electron chi connectivity index (χ2n) is 6.90. The number of nitrogens with one attached hydrogen (secondary N) is 2. The summed E-state index contributed by atoms with van der Waals surface area (Å²) in [6.45, 7) is 2.60. The molecule has 1 aromatic heterocycles. The molecule has 2 aromatic rings. The SMILES string of the molecule is Cc1occc1C(=O)NC1CCN(C(=O)CNC(=O)COc2ccccc2)CC1. The van der Waals surface area contributed by atoms with Gasteiger partial charge in [0, 0.05) is 19.1 Å². The summed E-state index contributed by atoms with van der Waals surface area (Å²) >= 11 is 0. The summed E-state index contributed by atoms with van der Waals surface area (Å²) in [5.41, 5.74) is 0.531. The van der Waals surface area contributed by atoms with E-state index in [9.17, 15) is 14.4 Å². The molecule has 1 aliphatic rings. The minimum absolute atomic E-state index is 0.00899. The Bertz CT molecular complexity index is 841. The molecule has 1 fully saturated rings. The van der Waals surface area contributed by atoms with Gasteiger partial charge >= 0.3 is 0 Å². The number of para-hydroxylation sites is 1. The Hall–Kier alpha value is -3.29. The number of rotatable bonds is 7. The van der Waals surface area contributed by atoms with Gasteiger partial charge in [0.2, 0.25) is 5.91 Å². The van der Waals surface area contributed by atoms with Crippen molar-refractivity contribution in [3.8, 4) is 5.75 Å². The minimum Gasteiger partial charge on any atom is -0.484 e. The third kappa shape index (κ3) is 5.84. The first-order chi connectivity index (χ1) is 14.0. The highest BCUT2D eigenvalue weighted by Gasteiger charge is 2.25. The fourth-order valence-corrected chi connectivity index (χ4v) is 3.16. The zero-order valence-electron chi connectivity index (χ0n) is 16.3. The van der Waals surface area contributed by atoms with Gasteiger partial charge in [-0.2, -0.15) is 0 Å². The molecule has 8 nitrogen and oxygen atoms in total. The van der Waals surface area contributed by atoms with E-state index in [1.54, 1.807) is 30.0 Å².